The summed E-state index contributed by atoms with van der Waals surface area (Å²) in [5.41, 5.74) is 5.72. The third-order valence-electron chi connectivity index (χ3n) is 2.97. The van der Waals surface area contributed by atoms with Crippen LogP contribution < -0.4 is 11.1 Å². The van der Waals surface area contributed by atoms with Crippen LogP contribution in [-0.2, 0) is 11.3 Å². The van der Waals surface area contributed by atoms with Gasteiger partial charge >= 0.3 is 0 Å². The number of rotatable bonds is 5. The molecule has 1 atom stereocenters. The molecule has 0 spiro atoms. The summed E-state index contributed by atoms with van der Waals surface area (Å²) < 4.78 is 26.5. The molecule has 5 heteroatoms. The molecule has 20 heavy (non-hydrogen) atoms. The SMILES string of the molecule is CC(C)(C)CC(CN)C(=O)NCc1cc(F)ccc1F. The van der Waals surface area contributed by atoms with E-state index in [1.807, 2.05) is 20.8 Å². The van der Waals surface area contributed by atoms with Crippen LogP contribution in [0.25, 0.3) is 0 Å². The summed E-state index contributed by atoms with van der Waals surface area (Å²) in [7, 11) is 0. The van der Waals surface area contributed by atoms with Gasteiger partial charge in [-0.05, 0) is 30.0 Å². The normalized spacial score (nSPS) is 13.1. The van der Waals surface area contributed by atoms with Gasteiger partial charge in [-0.2, -0.15) is 0 Å². The summed E-state index contributed by atoms with van der Waals surface area (Å²) in [5.74, 6) is -1.62. The molecule has 1 unspecified atom stereocenters. The highest BCUT2D eigenvalue weighted by atomic mass is 19.1. The van der Waals surface area contributed by atoms with Gasteiger partial charge in [0.2, 0.25) is 5.91 Å². The first-order chi connectivity index (χ1) is 9.23. The summed E-state index contributed by atoms with van der Waals surface area (Å²) in [4.78, 5) is 12.0. The molecule has 0 aliphatic rings. The van der Waals surface area contributed by atoms with Crippen LogP contribution in [0.15, 0.2) is 18.2 Å². The number of hydrogen-bond donors (Lipinski definition) is 2. The average Bonchev–Trinajstić information content (AvgIpc) is 2.35. The van der Waals surface area contributed by atoms with Gasteiger partial charge in [-0.15, -0.1) is 0 Å². The summed E-state index contributed by atoms with van der Waals surface area (Å²) in [6, 6.07) is 3.17. The van der Waals surface area contributed by atoms with Crippen LogP contribution in [0.3, 0.4) is 0 Å². The van der Waals surface area contributed by atoms with Crippen LogP contribution in [0.5, 0.6) is 0 Å². The van der Waals surface area contributed by atoms with Crippen molar-refractivity contribution < 1.29 is 13.6 Å². The molecule has 0 aliphatic heterocycles. The van der Waals surface area contributed by atoms with Gasteiger partial charge in [0.15, 0.2) is 0 Å². The zero-order chi connectivity index (χ0) is 15.3. The van der Waals surface area contributed by atoms with E-state index < -0.39 is 11.6 Å². The zero-order valence-electron chi connectivity index (χ0n) is 12.2. The Labute approximate surface area is 118 Å². The monoisotopic (exact) mass is 284 g/mol. The molecular formula is C15H22F2N2O. The summed E-state index contributed by atoms with van der Waals surface area (Å²) in [6.45, 7) is 6.26. The Kier molecular flexibility index (Phi) is 5.62. The van der Waals surface area contributed by atoms with Gasteiger partial charge in [0, 0.05) is 18.7 Å². The van der Waals surface area contributed by atoms with Gasteiger partial charge in [0.25, 0.3) is 0 Å². The highest BCUT2D eigenvalue weighted by Crippen LogP contribution is 2.24. The highest BCUT2D eigenvalue weighted by molar-refractivity contribution is 5.78. The molecule has 3 N–H and O–H groups in total. The summed E-state index contributed by atoms with van der Waals surface area (Å²) in [6.07, 6.45) is 0.640. The molecular weight excluding hydrogens is 262 g/mol. The van der Waals surface area contributed by atoms with Crippen molar-refractivity contribution in [2.45, 2.75) is 33.7 Å². The molecule has 1 amide bonds. The second-order valence-electron chi connectivity index (χ2n) is 6.15. The van der Waals surface area contributed by atoms with E-state index in [9.17, 15) is 13.6 Å². The number of carbonyl (C=O) groups is 1. The number of amides is 1. The van der Waals surface area contributed by atoms with E-state index in [2.05, 4.69) is 5.32 Å². The van der Waals surface area contributed by atoms with E-state index in [-0.39, 0.29) is 35.9 Å². The fourth-order valence-corrected chi connectivity index (χ4v) is 2.03. The maximum Gasteiger partial charge on any atom is 0.224 e. The Morgan fingerprint density at radius 2 is 2.00 bits per heavy atom. The molecule has 0 radical (unpaired) electrons. The number of hydrogen-bond acceptors (Lipinski definition) is 2. The third kappa shape index (κ3) is 5.25. The van der Waals surface area contributed by atoms with Crippen molar-refractivity contribution in [2.24, 2.45) is 17.1 Å². The highest BCUT2D eigenvalue weighted by Gasteiger charge is 2.23. The molecule has 112 valence electrons. The zero-order valence-corrected chi connectivity index (χ0v) is 12.2. The van der Waals surface area contributed by atoms with E-state index in [0.717, 1.165) is 18.2 Å². The van der Waals surface area contributed by atoms with Gasteiger partial charge in [-0.1, -0.05) is 20.8 Å². The lowest BCUT2D eigenvalue weighted by molar-refractivity contribution is -0.125. The Balaban J connectivity index is 2.63. The first kappa shape index (κ1) is 16.6. The second kappa shape index (κ2) is 6.79. The molecule has 0 saturated heterocycles. The minimum Gasteiger partial charge on any atom is -0.352 e. The first-order valence-electron chi connectivity index (χ1n) is 6.64. The van der Waals surface area contributed by atoms with Crippen molar-refractivity contribution in [2.75, 3.05) is 6.54 Å². The van der Waals surface area contributed by atoms with Crippen molar-refractivity contribution in [1.82, 2.24) is 5.32 Å². The van der Waals surface area contributed by atoms with Gasteiger partial charge in [0.05, 0.1) is 5.92 Å². The molecule has 0 aliphatic carbocycles. The Morgan fingerprint density at radius 3 is 2.55 bits per heavy atom. The maximum absolute atomic E-state index is 13.4. The number of halogens is 2. The molecule has 0 heterocycles. The number of nitrogens with one attached hydrogen (secondary N) is 1. The lowest BCUT2D eigenvalue weighted by Crippen LogP contribution is -2.37. The number of nitrogens with two attached hydrogens (primary N) is 1. The summed E-state index contributed by atoms with van der Waals surface area (Å²) >= 11 is 0. The van der Waals surface area contributed by atoms with E-state index in [1.54, 1.807) is 0 Å². The van der Waals surface area contributed by atoms with E-state index in [4.69, 9.17) is 5.73 Å². The molecule has 0 saturated carbocycles. The summed E-state index contributed by atoms with van der Waals surface area (Å²) in [5, 5.41) is 2.62. The fraction of sp³-hybridized carbons (Fsp3) is 0.533. The van der Waals surface area contributed by atoms with Crippen molar-refractivity contribution in [3.8, 4) is 0 Å². The Hall–Kier alpha value is -1.49. The van der Waals surface area contributed by atoms with Crippen molar-refractivity contribution >= 4 is 5.91 Å². The predicted molar refractivity (Wildman–Crippen MR) is 74.8 cm³/mol. The van der Waals surface area contributed by atoms with Crippen molar-refractivity contribution in [3.05, 3.63) is 35.4 Å². The molecule has 1 aromatic carbocycles. The number of carbonyl (C=O) groups excluding carboxylic acids is 1. The fourth-order valence-electron chi connectivity index (χ4n) is 2.03. The van der Waals surface area contributed by atoms with Gasteiger partial charge in [-0.25, -0.2) is 8.78 Å². The minimum absolute atomic E-state index is 0.0223. The Bertz CT molecular complexity index is 469. The van der Waals surface area contributed by atoms with E-state index in [1.165, 1.54) is 0 Å². The largest absolute Gasteiger partial charge is 0.352 e. The minimum atomic E-state index is -0.535. The second-order valence-corrected chi connectivity index (χ2v) is 6.15. The van der Waals surface area contributed by atoms with E-state index in [0.29, 0.717) is 6.42 Å². The standard InChI is InChI=1S/C15H22F2N2O/c1-15(2,3)7-11(8-18)14(20)19-9-10-6-12(16)4-5-13(10)17/h4-6,11H,7-9,18H2,1-3H3,(H,19,20). The molecule has 0 bridgehead atoms. The third-order valence-corrected chi connectivity index (χ3v) is 2.97. The van der Waals surface area contributed by atoms with Gasteiger partial charge < -0.3 is 11.1 Å². The molecule has 0 aromatic heterocycles. The van der Waals surface area contributed by atoms with Crippen LogP contribution in [0.2, 0.25) is 0 Å². The molecule has 3 nitrogen and oxygen atoms in total. The predicted octanol–water partition coefficient (Wildman–Crippen LogP) is 2.59. The van der Waals surface area contributed by atoms with Gasteiger partial charge in [-0.3, -0.25) is 4.79 Å². The lowest BCUT2D eigenvalue weighted by atomic mass is 9.84. The average molecular weight is 284 g/mol. The van der Waals surface area contributed by atoms with Crippen LogP contribution in [0.4, 0.5) is 8.78 Å². The molecule has 0 fully saturated rings. The molecule has 1 rings (SSSR count). The van der Waals surface area contributed by atoms with Crippen LogP contribution in [-0.4, -0.2) is 12.5 Å². The quantitative estimate of drug-likeness (QED) is 0.873. The van der Waals surface area contributed by atoms with Crippen molar-refractivity contribution in [3.63, 3.8) is 0 Å². The Morgan fingerprint density at radius 1 is 1.35 bits per heavy atom. The van der Waals surface area contributed by atoms with E-state index >= 15 is 0 Å². The first-order valence-corrected chi connectivity index (χ1v) is 6.64. The van der Waals surface area contributed by atoms with Crippen molar-refractivity contribution in [1.29, 1.82) is 0 Å². The van der Waals surface area contributed by atoms with Crippen LogP contribution >= 0.6 is 0 Å². The van der Waals surface area contributed by atoms with Crippen LogP contribution in [0, 0.1) is 23.0 Å². The smallest absolute Gasteiger partial charge is 0.224 e. The lowest BCUT2D eigenvalue weighted by Gasteiger charge is -2.24. The molecule has 1 aromatic rings. The topological polar surface area (TPSA) is 55.1 Å². The van der Waals surface area contributed by atoms with Crippen LogP contribution in [0.1, 0.15) is 32.8 Å². The maximum atomic E-state index is 13.4. The van der Waals surface area contributed by atoms with Gasteiger partial charge in [0.1, 0.15) is 11.6 Å². The number of benzene rings is 1.